The third-order valence-electron chi connectivity index (χ3n) is 4.31. The van der Waals surface area contributed by atoms with Gasteiger partial charge in [0, 0.05) is 30.0 Å². The van der Waals surface area contributed by atoms with Gasteiger partial charge >= 0.3 is 0 Å². The van der Waals surface area contributed by atoms with Crippen LogP contribution < -0.4 is 4.90 Å². The van der Waals surface area contributed by atoms with Gasteiger partial charge < -0.3 is 4.90 Å². The van der Waals surface area contributed by atoms with E-state index in [1.807, 2.05) is 75.6 Å². The lowest BCUT2D eigenvalue weighted by Gasteiger charge is -2.22. The number of thiazole rings is 1. The van der Waals surface area contributed by atoms with Gasteiger partial charge in [-0.05, 0) is 24.1 Å². The highest BCUT2D eigenvalue weighted by Crippen LogP contribution is 2.17. The van der Waals surface area contributed by atoms with Crippen molar-refractivity contribution in [1.82, 2.24) is 9.38 Å². The molecule has 0 bridgehead atoms. The second kappa shape index (κ2) is 7.54. The normalized spacial score (nSPS) is 10.9. The van der Waals surface area contributed by atoms with Crippen LogP contribution in [0.3, 0.4) is 0 Å². The van der Waals surface area contributed by atoms with E-state index in [1.165, 1.54) is 5.56 Å². The smallest absolute Gasteiger partial charge is 0.233 e. The molecule has 0 fully saturated rings. The highest BCUT2D eigenvalue weighted by molar-refractivity contribution is 7.15. The van der Waals surface area contributed by atoms with E-state index in [4.69, 9.17) is 0 Å². The van der Waals surface area contributed by atoms with Crippen LogP contribution in [-0.2, 0) is 17.6 Å². The highest BCUT2D eigenvalue weighted by atomic mass is 32.1. The predicted octanol–water partition coefficient (Wildman–Crippen LogP) is 4.21. The van der Waals surface area contributed by atoms with E-state index in [1.54, 1.807) is 11.3 Å². The number of carbonyl (C=O) groups is 1. The zero-order valence-electron chi connectivity index (χ0n) is 14.3. The lowest BCUT2D eigenvalue weighted by atomic mass is 10.1. The van der Waals surface area contributed by atoms with E-state index in [0.29, 0.717) is 13.0 Å². The summed E-state index contributed by atoms with van der Waals surface area (Å²) in [5.74, 6) is 0.0675. The van der Waals surface area contributed by atoms with E-state index >= 15 is 0 Å². The largest absolute Gasteiger partial charge is 0.312 e. The molecule has 4 nitrogen and oxygen atoms in total. The Balaban J connectivity index is 1.53. The first-order chi connectivity index (χ1) is 12.8. The summed E-state index contributed by atoms with van der Waals surface area (Å²) in [5, 5.41) is 1.99. The van der Waals surface area contributed by atoms with Gasteiger partial charge in [0.15, 0.2) is 4.96 Å². The van der Waals surface area contributed by atoms with Gasteiger partial charge in [0.2, 0.25) is 5.91 Å². The quantitative estimate of drug-likeness (QED) is 0.516. The minimum Gasteiger partial charge on any atom is -0.312 e. The third-order valence-corrected chi connectivity index (χ3v) is 5.08. The van der Waals surface area contributed by atoms with Gasteiger partial charge in [-0.15, -0.1) is 11.3 Å². The molecule has 2 heterocycles. The highest BCUT2D eigenvalue weighted by Gasteiger charge is 2.17. The molecule has 0 spiro atoms. The van der Waals surface area contributed by atoms with Gasteiger partial charge in [0.25, 0.3) is 0 Å². The fourth-order valence-electron chi connectivity index (χ4n) is 3.00. The lowest BCUT2D eigenvalue weighted by Crippen LogP contribution is -2.34. The van der Waals surface area contributed by atoms with Gasteiger partial charge in [-0.3, -0.25) is 9.20 Å². The first-order valence-corrected chi connectivity index (χ1v) is 9.48. The van der Waals surface area contributed by atoms with Crippen molar-refractivity contribution >= 4 is 27.9 Å². The zero-order valence-corrected chi connectivity index (χ0v) is 15.1. The molecule has 1 amide bonds. The van der Waals surface area contributed by atoms with Crippen molar-refractivity contribution < 1.29 is 4.79 Å². The van der Waals surface area contributed by atoms with Crippen LogP contribution in [-0.4, -0.2) is 21.8 Å². The number of imidazole rings is 1. The van der Waals surface area contributed by atoms with Crippen molar-refractivity contribution in [1.29, 1.82) is 0 Å². The number of hydrogen-bond acceptors (Lipinski definition) is 3. The summed E-state index contributed by atoms with van der Waals surface area (Å²) >= 11 is 1.57. The number of amides is 1. The van der Waals surface area contributed by atoms with Crippen LogP contribution in [0.4, 0.5) is 5.69 Å². The Morgan fingerprint density at radius 3 is 2.50 bits per heavy atom. The lowest BCUT2D eigenvalue weighted by molar-refractivity contribution is -0.118. The summed E-state index contributed by atoms with van der Waals surface area (Å²) in [6.45, 7) is 0.648. The van der Waals surface area contributed by atoms with E-state index in [0.717, 1.165) is 22.8 Å². The van der Waals surface area contributed by atoms with E-state index in [2.05, 4.69) is 17.1 Å². The molecule has 0 saturated heterocycles. The summed E-state index contributed by atoms with van der Waals surface area (Å²) < 4.78 is 1.96. The number of anilines is 1. The average molecular weight is 361 g/mol. The molecule has 5 heteroatoms. The van der Waals surface area contributed by atoms with Crippen LogP contribution in [0.5, 0.6) is 0 Å². The predicted molar refractivity (Wildman–Crippen MR) is 106 cm³/mol. The number of para-hydroxylation sites is 1. The maximum atomic E-state index is 13.0. The zero-order chi connectivity index (χ0) is 17.8. The molecule has 26 heavy (non-hydrogen) atoms. The van der Waals surface area contributed by atoms with E-state index < -0.39 is 0 Å². The van der Waals surface area contributed by atoms with Crippen molar-refractivity contribution in [2.75, 3.05) is 11.4 Å². The Labute approximate surface area is 156 Å². The monoisotopic (exact) mass is 361 g/mol. The fourth-order valence-corrected chi connectivity index (χ4v) is 3.72. The molecule has 2 aromatic carbocycles. The Morgan fingerprint density at radius 1 is 1.04 bits per heavy atom. The number of hydrogen-bond donors (Lipinski definition) is 0. The number of aromatic nitrogens is 2. The van der Waals surface area contributed by atoms with E-state index in [9.17, 15) is 4.79 Å². The maximum Gasteiger partial charge on any atom is 0.233 e. The van der Waals surface area contributed by atoms with Crippen LogP contribution in [0.1, 0.15) is 11.3 Å². The molecular weight excluding hydrogens is 342 g/mol. The Morgan fingerprint density at radius 2 is 1.77 bits per heavy atom. The van der Waals surface area contributed by atoms with Gasteiger partial charge in [0.05, 0.1) is 12.1 Å². The van der Waals surface area contributed by atoms with Crippen molar-refractivity contribution in [3.63, 3.8) is 0 Å². The maximum absolute atomic E-state index is 13.0. The van der Waals surface area contributed by atoms with Crippen molar-refractivity contribution in [3.8, 4) is 0 Å². The number of carbonyl (C=O) groups excluding carboxylic acids is 1. The number of rotatable bonds is 6. The summed E-state index contributed by atoms with van der Waals surface area (Å²) in [5.41, 5.74) is 2.96. The first-order valence-electron chi connectivity index (χ1n) is 8.60. The fraction of sp³-hybridized carbons (Fsp3) is 0.143. The topological polar surface area (TPSA) is 37.6 Å². The third kappa shape index (κ3) is 3.68. The van der Waals surface area contributed by atoms with Crippen LogP contribution >= 0.6 is 11.3 Å². The van der Waals surface area contributed by atoms with Gasteiger partial charge in [0.1, 0.15) is 0 Å². The molecule has 130 valence electrons. The molecule has 0 unspecified atom stereocenters. The number of nitrogens with zero attached hydrogens (tertiary/aromatic N) is 3. The minimum atomic E-state index is 0.0675. The van der Waals surface area contributed by atoms with Crippen LogP contribution in [0.2, 0.25) is 0 Å². The average Bonchev–Trinajstić information content (AvgIpc) is 3.25. The van der Waals surface area contributed by atoms with E-state index in [-0.39, 0.29) is 5.91 Å². The summed E-state index contributed by atoms with van der Waals surface area (Å²) in [6.07, 6.45) is 5.02. The minimum absolute atomic E-state index is 0.0675. The number of fused-ring (bicyclic) bond motifs is 1. The molecular formula is C21H19N3OS. The molecule has 2 aromatic heterocycles. The summed E-state index contributed by atoms with van der Waals surface area (Å²) in [4.78, 5) is 20.3. The van der Waals surface area contributed by atoms with Crippen LogP contribution in [0.25, 0.3) is 4.96 Å². The SMILES string of the molecule is O=C(Cc1cn2ccsc2n1)N(CCc1ccccc1)c1ccccc1. The molecule has 0 radical (unpaired) electrons. The Bertz CT molecular complexity index is 963. The van der Waals surface area contributed by atoms with Crippen molar-refractivity contribution in [2.24, 2.45) is 0 Å². The molecule has 4 aromatic rings. The van der Waals surface area contributed by atoms with Crippen LogP contribution in [0.15, 0.2) is 78.4 Å². The van der Waals surface area contributed by atoms with Crippen molar-refractivity contribution in [3.05, 3.63) is 89.7 Å². The molecule has 0 aliphatic carbocycles. The number of benzene rings is 2. The molecule has 0 atom stereocenters. The molecule has 0 N–H and O–H groups in total. The molecule has 0 aliphatic heterocycles. The van der Waals surface area contributed by atoms with Crippen LogP contribution in [0, 0.1) is 0 Å². The summed E-state index contributed by atoms with van der Waals surface area (Å²) in [6, 6.07) is 20.1. The Kier molecular flexibility index (Phi) is 4.80. The Hall–Kier alpha value is -2.92. The summed E-state index contributed by atoms with van der Waals surface area (Å²) in [7, 11) is 0. The second-order valence-electron chi connectivity index (χ2n) is 6.12. The van der Waals surface area contributed by atoms with Gasteiger partial charge in [-0.2, -0.15) is 0 Å². The second-order valence-corrected chi connectivity index (χ2v) is 6.99. The molecule has 0 aliphatic rings. The first kappa shape index (κ1) is 16.5. The van der Waals surface area contributed by atoms with Crippen molar-refractivity contribution in [2.45, 2.75) is 12.8 Å². The van der Waals surface area contributed by atoms with Gasteiger partial charge in [-0.25, -0.2) is 4.98 Å². The standard InChI is InChI=1S/C21H19N3OS/c25-20(15-18-16-23-13-14-26-21(23)22-18)24(19-9-5-2-6-10-19)12-11-17-7-3-1-4-8-17/h1-10,13-14,16H,11-12,15H2. The molecule has 0 saturated carbocycles. The molecule has 4 rings (SSSR count). The van der Waals surface area contributed by atoms with Gasteiger partial charge in [-0.1, -0.05) is 48.5 Å².